The summed E-state index contributed by atoms with van der Waals surface area (Å²) >= 11 is 0. The number of hydrogen-bond acceptors (Lipinski definition) is 9. The second kappa shape index (κ2) is 14.2. The molecule has 0 aliphatic rings. The van der Waals surface area contributed by atoms with E-state index in [4.69, 9.17) is 14.2 Å². The lowest BCUT2D eigenvalue weighted by molar-refractivity contribution is -0.141. The Kier molecular flexibility index (Phi) is 10.4. The fourth-order valence-corrected chi connectivity index (χ4v) is 3.21. The molecule has 1 heterocycles. The van der Waals surface area contributed by atoms with Gasteiger partial charge < -0.3 is 24.8 Å². The van der Waals surface area contributed by atoms with Crippen LogP contribution < -0.4 is 20.1 Å². The van der Waals surface area contributed by atoms with Crippen molar-refractivity contribution in [1.82, 2.24) is 20.3 Å². The summed E-state index contributed by atoms with van der Waals surface area (Å²) in [7, 11) is 0. The van der Waals surface area contributed by atoms with Gasteiger partial charge in [-0.25, -0.2) is 0 Å². The first kappa shape index (κ1) is 27.1. The number of carbonyl (C=O) groups is 2. The van der Waals surface area contributed by atoms with Crippen molar-refractivity contribution in [2.75, 3.05) is 31.7 Å². The van der Waals surface area contributed by atoms with E-state index >= 15 is 0 Å². The van der Waals surface area contributed by atoms with Crippen molar-refractivity contribution in [1.29, 1.82) is 0 Å². The van der Waals surface area contributed by atoms with Crippen LogP contribution in [0.1, 0.15) is 41.2 Å². The summed E-state index contributed by atoms with van der Waals surface area (Å²) in [5, 5.41) is 5.75. The molecular formula is C27H31N5O5. The predicted octanol–water partition coefficient (Wildman–Crippen LogP) is 3.33. The summed E-state index contributed by atoms with van der Waals surface area (Å²) in [5.41, 5.74) is 2.36. The van der Waals surface area contributed by atoms with Gasteiger partial charge in [0.1, 0.15) is 24.7 Å². The number of anilines is 1. The Morgan fingerprint density at radius 2 is 1.65 bits per heavy atom. The van der Waals surface area contributed by atoms with Gasteiger partial charge in [-0.2, -0.15) is 15.0 Å². The van der Waals surface area contributed by atoms with E-state index in [0.29, 0.717) is 43.5 Å². The maximum absolute atomic E-state index is 12.3. The molecule has 0 fully saturated rings. The van der Waals surface area contributed by atoms with Gasteiger partial charge in [-0.05, 0) is 49.2 Å². The van der Waals surface area contributed by atoms with Crippen molar-refractivity contribution < 1.29 is 23.8 Å². The fraction of sp³-hybridized carbons (Fsp3) is 0.296. The molecule has 3 rings (SSSR count). The summed E-state index contributed by atoms with van der Waals surface area (Å²) in [6.07, 6.45) is 2.11. The lowest BCUT2D eigenvalue weighted by Crippen LogP contribution is -2.30. The van der Waals surface area contributed by atoms with E-state index in [1.807, 2.05) is 43.3 Å². The third-order valence-corrected chi connectivity index (χ3v) is 4.95. The molecule has 10 nitrogen and oxygen atoms in total. The quantitative estimate of drug-likeness (QED) is 0.251. The molecule has 0 saturated carbocycles. The van der Waals surface area contributed by atoms with Crippen LogP contribution in [0.3, 0.4) is 0 Å². The zero-order valence-corrected chi connectivity index (χ0v) is 21.0. The number of nitrogens with zero attached hydrogens (tertiary/aromatic N) is 3. The molecule has 37 heavy (non-hydrogen) atoms. The van der Waals surface area contributed by atoms with Gasteiger partial charge in [-0.3, -0.25) is 9.59 Å². The average molecular weight is 506 g/mol. The molecule has 2 aromatic carbocycles. The number of esters is 1. The van der Waals surface area contributed by atoms with Gasteiger partial charge in [-0.1, -0.05) is 36.9 Å². The maximum Gasteiger partial charge on any atom is 0.325 e. The number of rotatable bonds is 14. The first-order valence-corrected chi connectivity index (χ1v) is 12.0. The number of aromatic nitrogens is 3. The minimum Gasteiger partial charge on any atom is -0.490 e. The van der Waals surface area contributed by atoms with Gasteiger partial charge in [0, 0.05) is 18.5 Å². The normalized spacial score (nSPS) is 10.3. The number of carbonyl (C=O) groups excluding carboxylic acids is 2. The topological polar surface area (TPSA) is 125 Å². The Bertz CT molecular complexity index is 1180. The van der Waals surface area contributed by atoms with E-state index in [0.717, 1.165) is 16.9 Å². The van der Waals surface area contributed by atoms with Crippen molar-refractivity contribution in [3.05, 3.63) is 83.7 Å². The van der Waals surface area contributed by atoms with Gasteiger partial charge in [0.05, 0.1) is 13.2 Å². The second-order valence-corrected chi connectivity index (χ2v) is 7.75. The minimum atomic E-state index is -0.480. The average Bonchev–Trinajstić information content (AvgIpc) is 2.90. The highest BCUT2D eigenvalue weighted by atomic mass is 16.5. The van der Waals surface area contributed by atoms with Gasteiger partial charge >= 0.3 is 12.0 Å². The molecule has 0 saturated heterocycles. The van der Waals surface area contributed by atoms with Crippen LogP contribution in [0.15, 0.2) is 61.2 Å². The smallest absolute Gasteiger partial charge is 0.325 e. The number of nitrogens with one attached hydrogen (secondary N) is 2. The molecule has 0 atom stereocenters. The van der Waals surface area contributed by atoms with Crippen LogP contribution in [0.4, 0.5) is 5.95 Å². The second-order valence-electron chi connectivity index (χ2n) is 7.75. The Morgan fingerprint density at radius 1 is 0.919 bits per heavy atom. The predicted molar refractivity (Wildman–Crippen MR) is 139 cm³/mol. The van der Waals surface area contributed by atoms with E-state index in [9.17, 15) is 9.59 Å². The van der Waals surface area contributed by atoms with Crippen LogP contribution in [0.25, 0.3) is 0 Å². The van der Waals surface area contributed by atoms with Crippen LogP contribution >= 0.6 is 0 Å². The largest absolute Gasteiger partial charge is 0.490 e. The lowest BCUT2D eigenvalue weighted by atomic mass is 10.1. The Balaban J connectivity index is 1.63. The summed E-state index contributed by atoms with van der Waals surface area (Å²) in [6.45, 7) is 8.68. The van der Waals surface area contributed by atoms with Gasteiger partial charge in [0.25, 0.3) is 5.91 Å². The van der Waals surface area contributed by atoms with Crippen LogP contribution in [-0.2, 0) is 22.5 Å². The van der Waals surface area contributed by atoms with Crippen molar-refractivity contribution in [2.45, 2.75) is 26.8 Å². The Morgan fingerprint density at radius 3 is 2.32 bits per heavy atom. The molecule has 0 aliphatic heterocycles. The van der Waals surface area contributed by atoms with Gasteiger partial charge in [0.2, 0.25) is 5.95 Å². The molecule has 0 unspecified atom stereocenters. The zero-order valence-electron chi connectivity index (χ0n) is 21.0. The molecule has 1 aromatic heterocycles. The minimum absolute atomic E-state index is 0.178. The molecule has 0 radical (unpaired) electrons. The Hall–Kier alpha value is -4.47. The van der Waals surface area contributed by atoms with Crippen molar-refractivity contribution in [3.8, 4) is 11.8 Å². The fourth-order valence-electron chi connectivity index (χ4n) is 3.21. The third-order valence-electron chi connectivity index (χ3n) is 4.95. The molecule has 10 heteroatoms. The highest BCUT2D eigenvalue weighted by molar-refractivity contribution is 5.95. The highest BCUT2D eigenvalue weighted by Crippen LogP contribution is 2.16. The molecule has 0 bridgehead atoms. The molecular weight excluding hydrogens is 474 g/mol. The number of amides is 1. The maximum atomic E-state index is 12.3. The molecule has 3 aromatic rings. The Labute approximate surface area is 216 Å². The standard InChI is InChI=1S/C27H31N5O5/c1-4-15-37-22-13-9-20(10-14-22)17-29-26-30-23(31-27(32-26)36-6-3)16-19-7-11-21(12-8-19)25(34)28-18-24(33)35-5-2/h4,7-14H,1,5-6,15-18H2,2-3H3,(H,28,34)(H,29,30,31,32). The summed E-state index contributed by atoms with van der Waals surface area (Å²) < 4.78 is 15.9. The monoisotopic (exact) mass is 505 g/mol. The SMILES string of the molecule is C=CCOc1ccc(CNc2nc(Cc3ccc(C(=O)NCC(=O)OCC)cc3)nc(OCC)n2)cc1. The molecule has 0 aliphatic carbocycles. The highest BCUT2D eigenvalue weighted by Gasteiger charge is 2.11. The van der Waals surface area contributed by atoms with E-state index in [-0.39, 0.29) is 25.1 Å². The molecule has 2 N–H and O–H groups in total. The van der Waals surface area contributed by atoms with Crippen molar-refractivity contribution >= 4 is 17.8 Å². The van der Waals surface area contributed by atoms with Crippen molar-refractivity contribution in [3.63, 3.8) is 0 Å². The van der Waals surface area contributed by atoms with Gasteiger partial charge in [-0.15, -0.1) is 0 Å². The van der Waals surface area contributed by atoms with Crippen LogP contribution in [-0.4, -0.2) is 53.2 Å². The lowest BCUT2D eigenvalue weighted by Gasteiger charge is -2.10. The van der Waals surface area contributed by atoms with Crippen LogP contribution in [0.5, 0.6) is 11.8 Å². The zero-order chi connectivity index (χ0) is 26.5. The number of hydrogen-bond donors (Lipinski definition) is 2. The van der Waals surface area contributed by atoms with E-state index in [1.54, 1.807) is 25.1 Å². The third kappa shape index (κ3) is 8.92. The summed E-state index contributed by atoms with van der Waals surface area (Å²) in [5.74, 6) is 0.854. The van der Waals surface area contributed by atoms with E-state index in [1.165, 1.54) is 0 Å². The first-order chi connectivity index (χ1) is 18.0. The van der Waals surface area contributed by atoms with Crippen molar-refractivity contribution in [2.24, 2.45) is 0 Å². The molecule has 194 valence electrons. The molecule has 1 amide bonds. The first-order valence-electron chi connectivity index (χ1n) is 12.0. The van der Waals surface area contributed by atoms with E-state index in [2.05, 4.69) is 32.2 Å². The number of benzene rings is 2. The summed E-state index contributed by atoms with van der Waals surface area (Å²) in [4.78, 5) is 37.0. The number of ether oxygens (including phenoxy) is 3. The van der Waals surface area contributed by atoms with Crippen LogP contribution in [0.2, 0.25) is 0 Å². The van der Waals surface area contributed by atoms with Gasteiger partial charge in [0.15, 0.2) is 0 Å². The van der Waals surface area contributed by atoms with Crippen LogP contribution in [0, 0.1) is 0 Å². The van der Waals surface area contributed by atoms with E-state index < -0.39 is 5.97 Å². The molecule has 0 spiro atoms. The summed E-state index contributed by atoms with van der Waals surface area (Å²) in [6, 6.07) is 14.9.